The molecule has 2 aromatic carbocycles. The molecule has 0 spiro atoms. The van der Waals surface area contributed by atoms with Crippen molar-refractivity contribution >= 4 is 17.6 Å². The maximum absolute atomic E-state index is 13.1. The van der Waals surface area contributed by atoms with Crippen LogP contribution in [-0.2, 0) is 16.1 Å². The van der Waals surface area contributed by atoms with Gasteiger partial charge in [0.15, 0.2) is 0 Å². The van der Waals surface area contributed by atoms with E-state index in [2.05, 4.69) is 10.2 Å². The van der Waals surface area contributed by atoms with Crippen molar-refractivity contribution in [3.8, 4) is 5.75 Å². The van der Waals surface area contributed by atoms with E-state index >= 15 is 0 Å². The number of aliphatic hydroxyl groups excluding tert-OH is 1. The number of methoxy groups -OCH3 is 1. The number of carbonyl (C=O) groups excluding carboxylic acids is 1. The van der Waals surface area contributed by atoms with Gasteiger partial charge < -0.3 is 24.8 Å². The molecule has 2 aliphatic rings. The van der Waals surface area contributed by atoms with Gasteiger partial charge in [-0.15, -0.1) is 0 Å². The zero-order chi connectivity index (χ0) is 22.5. The first kappa shape index (κ1) is 21.9. The summed E-state index contributed by atoms with van der Waals surface area (Å²) in [4.78, 5) is 19.9. The van der Waals surface area contributed by atoms with E-state index in [0.717, 1.165) is 29.8 Å². The van der Waals surface area contributed by atoms with E-state index in [0.29, 0.717) is 23.7 Å². The van der Waals surface area contributed by atoms with E-state index in [1.54, 1.807) is 7.11 Å². The number of benzene rings is 2. The van der Waals surface area contributed by atoms with E-state index in [1.807, 2.05) is 61.5 Å². The number of hydrogen-bond acceptors (Lipinski definition) is 7. The highest BCUT2D eigenvalue weighted by atomic mass is 16.5. The van der Waals surface area contributed by atoms with E-state index in [4.69, 9.17) is 14.5 Å². The van der Waals surface area contributed by atoms with Crippen molar-refractivity contribution in [1.82, 2.24) is 4.90 Å². The van der Waals surface area contributed by atoms with Crippen molar-refractivity contribution in [1.29, 1.82) is 0 Å². The highest BCUT2D eigenvalue weighted by Crippen LogP contribution is 2.36. The van der Waals surface area contributed by atoms with E-state index in [1.165, 1.54) is 0 Å². The van der Waals surface area contributed by atoms with Crippen LogP contribution in [0.15, 0.2) is 70.9 Å². The molecule has 0 aliphatic carbocycles. The second-order valence-corrected chi connectivity index (χ2v) is 8.02. The van der Waals surface area contributed by atoms with Crippen molar-refractivity contribution < 1.29 is 19.4 Å². The number of guanidine groups is 1. The van der Waals surface area contributed by atoms with Gasteiger partial charge in [0.1, 0.15) is 12.4 Å². The molecule has 2 atom stereocenters. The minimum Gasteiger partial charge on any atom is -0.497 e. The minimum absolute atomic E-state index is 0.0835. The lowest BCUT2D eigenvalue weighted by Crippen LogP contribution is -2.49. The van der Waals surface area contributed by atoms with Crippen molar-refractivity contribution in [3.05, 3.63) is 71.4 Å². The van der Waals surface area contributed by atoms with Crippen LogP contribution in [0.2, 0.25) is 0 Å². The Hall–Kier alpha value is -3.32. The van der Waals surface area contributed by atoms with Crippen LogP contribution in [0, 0.1) is 0 Å². The Labute approximate surface area is 188 Å². The number of rotatable bonds is 7. The highest BCUT2D eigenvalue weighted by Gasteiger charge is 2.43. The van der Waals surface area contributed by atoms with Crippen LogP contribution in [-0.4, -0.2) is 47.7 Å². The summed E-state index contributed by atoms with van der Waals surface area (Å²) in [6.07, 6.45) is 2.30. The molecule has 4 rings (SSSR count). The summed E-state index contributed by atoms with van der Waals surface area (Å²) >= 11 is 0. The van der Waals surface area contributed by atoms with Crippen LogP contribution in [0.1, 0.15) is 31.7 Å². The summed E-state index contributed by atoms with van der Waals surface area (Å²) in [5.74, 6) is 1.13. The van der Waals surface area contributed by atoms with Gasteiger partial charge in [-0.05, 0) is 56.0 Å². The Morgan fingerprint density at radius 3 is 2.59 bits per heavy atom. The number of hydrogen-bond donors (Lipinski definition) is 2. The molecule has 0 amide bonds. The highest BCUT2D eigenvalue weighted by molar-refractivity contribution is 6.00. The summed E-state index contributed by atoms with van der Waals surface area (Å²) < 4.78 is 10.9. The van der Waals surface area contributed by atoms with Crippen molar-refractivity contribution in [2.45, 2.75) is 44.9 Å². The third-order valence-electron chi connectivity index (χ3n) is 5.98. The molecule has 168 valence electrons. The fourth-order valence-corrected chi connectivity index (χ4v) is 4.42. The van der Waals surface area contributed by atoms with Gasteiger partial charge in [0, 0.05) is 18.3 Å². The lowest BCUT2D eigenvalue weighted by Gasteiger charge is -2.37. The SMILES string of the molecule is COc1ccc(NC2=NC(C)=C(C(=O)OCc3ccccc3)[C@@H]3CC[C@@H](CCO)N23)cc1. The van der Waals surface area contributed by atoms with Crippen LogP contribution < -0.4 is 10.1 Å². The lowest BCUT2D eigenvalue weighted by atomic mass is 10.0. The molecular formula is C25H29N3O4. The second kappa shape index (κ2) is 9.87. The van der Waals surface area contributed by atoms with Gasteiger partial charge in [0.2, 0.25) is 5.96 Å². The third kappa shape index (κ3) is 4.62. The first-order valence-corrected chi connectivity index (χ1v) is 10.9. The van der Waals surface area contributed by atoms with Gasteiger partial charge in [-0.2, -0.15) is 0 Å². The molecule has 2 aliphatic heterocycles. The molecule has 7 nitrogen and oxygen atoms in total. The monoisotopic (exact) mass is 435 g/mol. The van der Waals surface area contributed by atoms with Gasteiger partial charge in [-0.1, -0.05) is 30.3 Å². The number of aliphatic hydroxyl groups is 1. The quantitative estimate of drug-likeness (QED) is 0.645. The number of ether oxygens (including phenoxy) is 2. The van der Waals surface area contributed by atoms with Crippen molar-refractivity contribution in [2.75, 3.05) is 19.0 Å². The number of aliphatic imine (C=N–C) groups is 1. The molecule has 2 heterocycles. The first-order chi connectivity index (χ1) is 15.6. The number of carbonyl (C=O) groups is 1. The van der Waals surface area contributed by atoms with Gasteiger partial charge in [-0.25, -0.2) is 9.79 Å². The maximum atomic E-state index is 13.1. The van der Waals surface area contributed by atoms with Crippen LogP contribution in [0.5, 0.6) is 5.75 Å². The molecule has 1 fully saturated rings. The Balaban J connectivity index is 1.59. The van der Waals surface area contributed by atoms with Crippen LogP contribution in [0.3, 0.4) is 0 Å². The van der Waals surface area contributed by atoms with Crippen molar-refractivity contribution in [3.63, 3.8) is 0 Å². The van der Waals surface area contributed by atoms with Crippen molar-refractivity contribution in [2.24, 2.45) is 4.99 Å². The molecule has 1 saturated heterocycles. The number of anilines is 1. The average molecular weight is 436 g/mol. The van der Waals surface area contributed by atoms with E-state index < -0.39 is 0 Å². The summed E-state index contributed by atoms with van der Waals surface area (Å²) in [6.45, 7) is 2.16. The predicted octanol–water partition coefficient (Wildman–Crippen LogP) is 3.71. The Kier molecular flexibility index (Phi) is 6.75. The van der Waals surface area contributed by atoms with Gasteiger partial charge in [-0.3, -0.25) is 0 Å². The fraction of sp³-hybridized carbons (Fsp3) is 0.360. The molecule has 0 aromatic heterocycles. The summed E-state index contributed by atoms with van der Waals surface area (Å²) in [5, 5.41) is 13.0. The van der Waals surface area contributed by atoms with E-state index in [-0.39, 0.29) is 31.3 Å². The zero-order valence-electron chi connectivity index (χ0n) is 18.5. The zero-order valence-corrected chi connectivity index (χ0v) is 18.5. The lowest BCUT2D eigenvalue weighted by molar-refractivity contribution is -0.141. The fourth-order valence-electron chi connectivity index (χ4n) is 4.42. The Morgan fingerprint density at radius 2 is 1.91 bits per heavy atom. The van der Waals surface area contributed by atoms with Crippen LogP contribution in [0.25, 0.3) is 0 Å². The molecule has 2 N–H and O–H groups in total. The van der Waals surface area contributed by atoms with Crippen LogP contribution >= 0.6 is 0 Å². The molecule has 2 aromatic rings. The normalized spacial score (nSPS) is 20.0. The molecule has 0 unspecified atom stereocenters. The third-order valence-corrected chi connectivity index (χ3v) is 5.98. The van der Waals surface area contributed by atoms with Gasteiger partial charge in [0.25, 0.3) is 0 Å². The van der Waals surface area contributed by atoms with Gasteiger partial charge in [0.05, 0.1) is 24.4 Å². The smallest absolute Gasteiger partial charge is 0.338 e. The Morgan fingerprint density at radius 1 is 1.16 bits per heavy atom. The van der Waals surface area contributed by atoms with Gasteiger partial charge >= 0.3 is 5.97 Å². The first-order valence-electron chi connectivity index (χ1n) is 10.9. The number of fused-ring (bicyclic) bond motifs is 1. The van der Waals surface area contributed by atoms with E-state index in [9.17, 15) is 9.90 Å². The second-order valence-electron chi connectivity index (χ2n) is 8.02. The molecular weight excluding hydrogens is 406 g/mol. The Bertz CT molecular complexity index is 1000. The predicted molar refractivity (Wildman–Crippen MR) is 123 cm³/mol. The summed E-state index contributed by atoms with van der Waals surface area (Å²) in [7, 11) is 1.63. The van der Waals surface area contributed by atoms with Crippen LogP contribution in [0.4, 0.5) is 5.69 Å². The topological polar surface area (TPSA) is 83.4 Å². The number of esters is 1. The molecule has 0 bridgehead atoms. The summed E-state index contributed by atoms with van der Waals surface area (Å²) in [6, 6.07) is 17.2. The molecule has 0 saturated carbocycles. The molecule has 0 radical (unpaired) electrons. The molecule has 7 heteroatoms. The largest absolute Gasteiger partial charge is 0.497 e. The number of nitrogens with zero attached hydrogens (tertiary/aromatic N) is 2. The maximum Gasteiger partial charge on any atom is 0.338 e. The molecule has 32 heavy (non-hydrogen) atoms. The number of allylic oxidation sites excluding steroid dienone is 1. The standard InChI is InChI=1S/C25H29N3O4/c1-17-23(24(30)32-16-18-6-4-3-5-7-18)22-13-10-20(14-15-29)28(22)25(26-17)27-19-8-11-21(31-2)12-9-19/h3-9,11-12,20,22,29H,10,13-16H2,1-2H3,(H,26,27)/t20-,22-/m0/s1. The number of nitrogens with one attached hydrogen (secondary N) is 1. The summed E-state index contributed by atoms with van der Waals surface area (Å²) in [5.41, 5.74) is 3.08. The average Bonchev–Trinajstić information content (AvgIpc) is 3.22. The minimum atomic E-state index is -0.335.